The van der Waals surface area contributed by atoms with Gasteiger partial charge in [0.25, 0.3) is 10.0 Å². The Morgan fingerprint density at radius 3 is 2.05 bits per heavy atom. The Morgan fingerprint density at radius 1 is 0.929 bits per heavy atom. The van der Waals surface area contributed by atoms with Crippen LogP contribution in [0.15, 0.2) is 71.6 Å². The molecule has 0 bridgehead atoms. The van der Waals surface area contributed by atoms with Crippen LogP contribution in [0, 0.1) is 13.8 Å². The van der Waals surface area contributed by atoms with Crippen molar-refractivity contribution in [3.8, 4) is 5.75 Å². The summed E-state index contributed by atoms with van der Waals surface area (Å²) in [4.78, 5) is 29.1. The van der Waals surface area contributed by atoms with Crippen LogP contribution in [0.2, 0.25) is 5.02 Å². The number of carbonyl (C=O) groups excluding carboxylic acids is 2. The SMILES string of the molecule is CC[C@H](C)NC(=O)[C@H](CC)N(Cc1ccc(C)cc1)C(=O)CN(c1ccc(OC)c(Cl)c1)S(=O)(=O)c1ccc(C)cc1. The minimum Gasteiger partial charge on any atom is -0.495 e. The first-order valence-electron chi connectivity index (χ1n) is 14.0. The van der Waals surface area contributed by atoms with Gasteiger partial charge in [-0.2, -0.15) is 0 Å². The molecule has 0 heterocycles. The molecule has 42 heavy (non-hydrogen) atoms. The van der Waals surface area contributed by atoms with E-state index in [0.717, 1.165) is 27.4 Å². The summed E-state index contributed by atoms with van der Waals surface area (Å²) in [6.07, 6.45) is 1.08. The fourth-order valence-electron chi connectivity index (χ4n) is 4.43. The maximum absolute atomic E-state index is 14.2. The lowest BCUT2D eigenvalue weighted by Gasteiger charge is -2.34. The molecule has 0 aliphatic rings. The van der Waals surface area contributed by atoms with E-state index in [4.69, 9.17) is 16.3 Å². The van der Waals surface area contributed by atoms with Crippen LogP contribution in [0.5, 0.6) is 5.75 Å². The molecule has 10 heteroatoms. The third-order valence-electron chi connectivity index (χ3n) is 7.17. The van der Waals surface area contributed by atoms with E-state index in [0.29, 0.717) is 12.2 Å². The fourth-order valence-corrected chi connectivity index (χ4v) is 6.09. The highest BCUT2D eigenvalue weighted by molar-refractivity contribution is 7.92. The molecule has 0 saturated carbocycles. The molecule has 0 aromatic heterocycles. The maximum atomic E-state index is 14.2. The average molecular weight is 614 g/mol. The second-order valence-electron chi connectivity index (χ2n) is 10.4. The van der Waals surface area contributed by atoms with E-state index < -0.39 is 28.5 Å². The first kappa shape index (κ1) is 32.9. The number of ether oxygens (including phenoxy) is 1. The number of benzene rings is 3. The van der Waals surface area contributed by atoms with Gasteiger partial charge in [0.05, 0.1) is 22.7 Å². The summed E-state index contributed by atoms with van der Waals surface area (Å²) >= 11 is 6.39. The number of rotatable bonds is 13. The van der Waals surface area contributed by atoms with Gasteiger partial charge < -0.3 is 15.0 Å². The molecule has 0 radical (unpaired) electrons. The lowest BCUT2D eigenvalue weighted by atomic mass is 10.1. The predicted molar refractivity (Wildman–Crippen MR) is 167 cm³/mol. The van der Waals surface area contributed by atoms with Gasteiger partial charge in [0, 0.05) is 12.6 Å². The highest BCUT2D eigenvalue weighted by atomic mass is 35.5. The number of sulfonamides is 1. The summed E-state index contributed by atoms with van der Waals surface area (Å²) < 4.78 is 34.3. The summed E-state index contributed by atoms with van der Waals surface area (Å²) in [7, 11) is -2.74. The summed E-state index contributed by atoms with van der Waals surface area (Å²) in [5, 5.41) is 3.18. The highest BCUT2D eigenvalue weighted by Gasteiger charge is 2.34. The Kier molecular flexibility index (Phi) is 11.4. The standard InChI is InChI=1S/C32H40ClN3O5S/c1-7-24(5)34-32(38)29(8-2)35(20-25-13-9-22(3)10-14-25)31(37)21-36(26-15-18-30(41-6)28(33)19-26)42(39,40)27-16-11-23(4)12-17-27/h9-19,24,29H,7-8,20-21H2,1-6H3,(H,34,38)/t24-,29-/m0/s1. The molecule has 3 aromatic carbocycles. The van der Waals surface area contributed by atoms with Crippen molar-refractivity contribution in [3.63, 3.8) is 0 Å². The molecular weight excluding hydrogens is 574 g/mol. The monoisotopic (exact) mass is 613 g/mol. The summed E-state index contributed by atoms with van der Waals surface area (Å²) in [6.45, 7) is 9.12. The van der Waals surface area contributed by atoms with Gasteiger partial charge in [-0.05, 0) is 69.5 Å². The first-order chi connectivity index (χ1) is 19.9. The van der Waals surface area contributed by atoms with Crippen molar-refractivity contribution < 1.29 is 22.7 Å². The normalized spacial score (nSPS) is 12.7. The van der Waals surface area contributed by atoms with Gasteiger partial charge in [0.1, 0.15) is 18.3 Å². The molecule has 2 amide bonds. The lowest BCUT2D eigenvalue weighted by molar-refractivity contribution is -0.140. The van der Waals surface area contributed by atoms with Gasteiger partial charge >= 0.3 is 0 Å². The Labute approximate surface area is 254 Å². The van der Waals surface area contributed by atoms with Crippen molar-refractivity contribution in [2.45, 2.75) is 71.0 Å². The van der Waals surface area contributed by atoms with Crippen molar-refractivity contribution in [2.24, 2.45) is 0 Å². The Morgan fingerprint density at radius 2 is 1.52 bits per heavy atom. The second-order valence-corrected chi connectivity index (χ2v) is 12.7. The zero-order valence-corrected chi connectivity index (χ0v) is 26.6. The van der Waals surface area contributed by atoms with Crippen LogP contribution >= 0.6 is 11.6 Å². The average Bonchev–Trinajstić information content (AvgIpc) is 2.96. The summed E-state index contributed by atoms with van der Waals surface area (Å²) in [5.41, 5.74) is 2.97. The molecule has 8 nitrogen and oxygen atoms in total. The maximum Gasteiger partial charge on any atom is 0.264 e. The number of hydrogen-bond donors (Lipinski definition) is 1. The predicted octanol–water partition coefficient (Wildman–Crippen LogP) is 5.88. The molecule has 1 N–H and O–H groups in total. The van der Waals surface area contributed by atoms with Gasteiger partial charge in [-0.1, -0.05) is 73.0 Å². The van der Waals surface area contributed by atoms with Gasteiger partial charge in [-0.25, -0.2) is 8.42 Å². The molecule has 226 valence electrons. The number of anilines is 1. The van der Waals surface area contributed by atoms with Crippen LogP contribution in [0.4, 0.5) is 5.69 Å². The first-order valence-corrected chi connectivity index (χ1v) is 15.8. The van der Waals surface area contributed by atoms with E-state index in [1.165, 1.54) is 30.2 Å². The minimum atomic E-state index is -4.20. The number of aryl methyl sites for hydroxylation is 2. The van der Waals surface area contributed by atoms with Gasteiger partial charge in [-0.15, -0.1) is 0 Å². The minimum absolute atomic E-state index is 0.0273. The van der Waals surface area contributed by atoms with Crippen molar-refractivity contribution >= 4 is 39.1 Å². The van der Waals surface area contributed by atoms with Crippen LogP contribution < -0.4 is 14.4 Å². The van der Waals surface area contributed by atoms with Crippen molar-refractivity contribution in [1.29, 1.82) is 0 Å². The van der Waals surface area contributed by atoms with Gasteiger partial charge in [0.15, 0.2) is 0 Å². The van der Waals surface area contributed by atoms with Gasteiger partial charge in [0.2, 0.25) is 11.8 Å². The fraction of sp³-hybridized carbons (Fsp3) is 0.375. The summed E-state index contributed by atoms with van der Waals surface area (Å²) in [5.74, 6) is -0.440. The van der Waals surface area contributed by atoms with E-state index in [-0.39, 0.29) is 34.1 Å². The lowest BCUT2D eigenvalue weighted by Crippen LogP contribution is -2.53. The number of nitrogens with one attached hydrogen (secondary N) is 1. The zero-order valence-electron chi connectivity index (χ0n) is 25.1. The highest BCUT2D eigenvalue weighted by Crippen LogP contribution is 2.32. The number of methoxy groups -OCH3 is 1. The molecule has 3 aromatic rings. The number of halogens is 1. The third kappa shape index (κ3) is 8.04. The quantitative estimate of drug-likeness (QED) is 0.260. The molecule has 2 atom stereocenters. The van der Waals surface area contributed by atoms with E-state index in [9.17, 15) is 18.0 Å². The molecule has 0 saturated heterocycles. The van der Waals surface area contributed by atoms with Crippen LogP contribution in [0.3, 0.4) is 0 Å². The smallest absolute Gasteiger partial charge is 0.264 e. The summed E-state index contributed by atoms with van der Waals surface area (Å²) in [6, 6.07) is 17.7. The van der Waals surface area contributed by atoms with Crippen molar-refractivity contribution in [3.05, 3.63) is 88.4 Å². The molecular formula is C32H40ClN3O5S. The topological polar surface area (TPSA) is 96.0 Å². The largest absolute Gasteiger partial charge is 0.495 e. The Hall–Kier alpha value is -3.56. The Balaban J connectivity index is 2.09. The number of carbonyl (C=O) groups is 2. The van der Waals surface area contributed by atoms with Crippen molar-refractivity contribution in [1.82, 2.24) is 10.2 Å². The van der Waals surface area contributed by atoms with Crippen LogP contribution in [0.1, 0.15) is 50.3 Å². The molecule has 0 aliphatic carbocycles. The molecule has 0 aliphatic heterocycles. The van der Waals surface area contributed by atoms with E-state index >= 15 is 0 Å². The molecule has 0 spiro atoms. The number of hydrogen-bond acceptors (Lipinski definition) is 5. The van der Waals surface area contributed by atoms with Crippen LogP contribution in [-0.2, 0) is 26.2 Å². The second kappa shape index (κ2) is 14.6. The van der Waals surface area contributed by atoms with E-state index in [2.05, 4.69) is 5.32 Å². The zero-order chi connectivity index (χ0) is 31.0. The number of nitrogens with zero attached hydrogens (tertiary/aromatic N) is 2. The van der Waals surface area contributed by atoms with E-state index in [1.54, 1.807) is 24.3 Å². The van der Waals surface area contributed by atoms with Crippen LogP contribution in [-0.4, -0.2) is 50.9 Å². The third-order valence-corrected chi connectivity index (χ3v) is 9.26. The molecule has 0 unspecified atom stereocenters. The van der Waals surface area contributed by atoms with Crippen molar-refractivity contribution in [2.75, 3.05) is 18.0 Å². The van der Waals surface area contributed by atoms with E-state index in [1.807, 2.05) is 58.9 Å². The molecule has 3 rings (SSSR count). The Bertz CT molecular complexity index is 1480. The van der Waals surface area contributed by atoms with Gasteiger partial charge in [-0.3, -0.25) is 13.9 Å². The van der Waals surface area contributed by atoms with Crippen LogP contribution in [0.25, 0.3) is 0 Å². The number of amides is 2. The molecule has 0 fully saturated rings.